The van der Waals surface area contributed by atoms with E-state index in [1.54, 1.807) is 11.0 Å². The van der Waals surface area contributed by atoms with E-state index in [0.717, 1.165) is 53.2 Å². The van der Waals surface area contributed by atoms with Gasteiger partial charge in [-0.15, -0.1) is 0 Å². The highest BCUT2D eigenvalue weighted by molar-refractivity contribution is 5.95. The Balaban J connectivity index is 1.62. The van der Waals surface area contributed by atoms with Crippen LogP contribution >= 0.6 is 0 Å². The van der Waals surface area contributed by atoms with Crippen molar-refractivity contribution >= 4 is 10.9 Å². The lowest BCUT2D eigenvalue weighted by Gasteiger charge is -2.11. The maximum atomic E-state index is 9.93. The third-order valence-electron chi connectivity index (χ3n) is 5.17. The molecular formula is C24H25N5O2. The average Bonchev–Trinajstić information content (AvgIpc) is 3.42. The Labute approximate surface area is 181 Å². The van der Waals surface area contributed by atoms with Crippen LogP contribution in [0.5, 0.6) is 11.5 Å². The summed E-state index contributed by atoms with van der Waals surface area (Å²) in [4.78, 5) is 3.94. The molecule has 0 aliphatic rings. The van der Waals surface area contributed by atoms with Crippen molar-refractivity contribution in [3.8, 4) is 28.8 Å². The molecule has 0 fully saturated rings. The molecule has 0 aliphatic heterocycles. The third kappa shape index (κ3) is 4.24. The van der Waals surface area contributed by atoms with E-state index in [-0.39, 0.29) is 0 Å². The lowest BCUT2D eigenvalue weighted by molar-refractivity contribution is 0.299. The van der Waals surface area contributed by atoms with E-state index in [1.807, 2.05) is 49.4 Å². The Bertz CT molecular complexity index is 1190. The molecule has 2 aromatic heterocycles. The molecule has 0 saturated carbocycles. The molecule has 0 saturated heterocycles. The first-order valence-electron chi connectivity index (χ1n) is 10.5. The zero-order valence-corrected chi connectivity index (χ0v) is 17.8. The molecule has 4 aromatic rings. The van der Waals surface area contributed by atoms with Gasteiger partial charge in [0.05, 0.1) is 30.0 Å². The van der Waals surface area contributed by atoms with Gasteiger partial charge in [0.15, 0.2) is 0 Å². The van der Waals surface area contributed by atoms with E-state index in [0.29, 0.717) is 18.8 Å². The molecule has 0 unspecified atom stereocenters. The van der Waals surface area contributed by atoms with Crippen LogP contribution in [0.15, 0.2) is 55.1 Å². The molecule has 7 heteroatoms. The molecule has 0 amide bonds. The largest absolute Gasteiger partial charge is 0.494 e. The Hall–Kier alpha value is -3.79. The second-order valence-corrected chi connectivity index (χ2v) is 7.08. The zero-order valence-electron chi connectivity index (χ0n) is 17.8. The second kappa shape index (κ2) is 9.35. The summed E-state index contributed by atoms with van der Waals surface area (Å²) in [6.45, 7) is 6.76. The fourth-order valence-electron chi connectivity index (χ4n) is 3.80. The van der Waals surface area contributed by atoms with E-state index in [1.165, 1.54) is 6.33 Å². The number of nitrogens with zero attached hydrogens (tertiary/aromatic N) is 5. The molecule has 7 nitrogen and oxygen atoms in total. The molecule has 0 radical (unpaired) electrons. The number of nitriles is 1. The lowest BCUT2D eigenvalue weighted by Crippen LogP contribution is -2.05. The van der Waals surface area contributed by atoms with E-state index in [4.69, 9.17) is 9.47 Å². The summed E-state index contributed by atoms with van der Waals surface area (Å²) in [5, 5.41) is 15.0. The van der Waals surface area contributed by atoms with Crippen LogP contribution < -0.4 is 9.47 Å². The summed E-state index contributed by atoms with van der Waals surface area (Å²) in [5.74, 6) is 1.62. The SMILES string of the molecule is CCOc1ccc(-c2c(C#N)c3ccc(OCCCn4cncn4)cc3n2CC)cc1. The average molecular weight is 415 g/mol. The van der Waals surface area contributed by atoms with E-state index < -0.39 is 0 Å². The monoisotopic (exact) mass is 415 g/mol. The van der Waals surface area contributed by atoms with Gasteiger partial charge in [-0.3, -0.25) is 4.68 Å². The highest BCUT2D eigenvalue weighted by Gasteiger charge is 2.18. The predicted octanol–water partition coefficient (Wildman–Crippen LogP) is 4.66. The molecule has 0 aliphatic carbocycles. The number of rotatable bonds is 9. The first-order valence-corrected chi connectivity index (χ1v) is 10.5. The smallest absolute Gasteiger partial charge is 0.137 e. The summed E-state index contributed by atoms with van der Waals surface area (Å²) in [5.41, 5.74) is 3.59. The minimum Gasteiger partial charge on any atom is -0.494 e. The highest BCUT2D eigenvalue weighted by atomic mass is 16.5. The molecule has 158 valence electrons. The van der Waals surface area contributed by atoms with Gasteiger partial charge in [0.2, 0.25) is 0 Å². The van der Waals surface area contributed by atoms with Crippen molar-refractivity contribution in [1.82, 2.24) is 19.3 Å². The van der Waals surface area contributed by atoms with Crippen molar-refractivity contribution in [3.05, 3.63) is 60.7 Å². The van der Waals surface area contributed by atoms with Crippen molar-refractivity contribution in [2.45, 2.75) is 33.4 Å². The molecule has 0 spiro atoms. The summed E-state index contributed by atoms with van der Waals surface area (Å²) in [7, 11) is 0. The van der Waals surface area contributed by atoms with Crippen molar-refractivity contribution in [2.75, 3.05) is 13.2 Å². The van der Waals surface area contributed by atoms with Crippen molar-refractivity contribution in [1.29, 1.82) is 5.26 Å². The first-order chi connectivity index (χ1) is 15.2. The Morgan fingerprint density at radius 2 is 1.84 bits per heavy atom. The van der Waals surface area contributed by atoms with Gasteiger partial charge in [0.25, 0.3) is 0 Å². The Morgan fingerprint density at radius 3 is 2.52 bits per heavy atom. The quantitative estimate of drug-likeness (QED) is 0.372. The Kier molecular flexibility index (Phi) is 6.18. The summed E-state index contributed by atoms with van der Waals surface area (Å²) in [6.07, 6.45) is 4.06. The summed E-state index contributed by atoms with van der Waals surface area (Å²) in [6, 6.07) is 16.2. The van der Waals surface area contributed by atoms with Gasteiger partial charge in [-0.1, -0.05) is 0 Å². The van der Waals surface area contributed by atoms with Crippen LogP contribution in [-0.2, 0) is 13.1 Å². The molecule has 2 heterocycles. The van der Waals surface area contributed by atoms with Crippen molar-refractivity contribution in [3.63, 3.8) is 0 Å². The Morgan fingerprint density at radius 1 is 1.03 bits per heavy atom. The van der Waals surface area contributed by atoms with E-state index in [2.05, 4.69) is 27.6 Å². The number of hydrogen-bond acceptors (Lipinski definition) is 5. The molecule has 0 atom stereocenters. The molecular weight excluding hydrogens is 390 g/mol. The lowest BCUT2D eigenvalue weighted by atomic mass is 10.1. The molecule has 31 heavy (non-hydrogen) atoms. The van der Waals surface area contributed by atoms with Gasteiger partial charge in [0.1, 0.15) is 30.2 Å². The topological polar surface area (TPSA) is 77.9 Å². The summed E-state index contributed by atoms with van der Waals surface area (Å²) >= 11 is 0. The van der Waals surface area contributed by atoms with Crippen LogP contribution in [0.4, 0.5) is 0 Å². The van der Waals surface area contributed by atoms with E-state index in [9.17, 15) is 5.26 Å². The maximum Gasteiger partial charge on any atom is 0.137 e. The maximum absolute atomic E-state index is 9.93. The van der Waals surface area contributed by atoms with Crippen LogP contribution in [-0.4, -0.2) is 32.5 Å². The third-order valence-corrected chi connectivity index (χ3v) is 5.17. The number of aryl methyl sites for hydroxylation is 2. The van der Waals surface area contributed by atoms with E-state index >= 15 is 0 Å². The molecule has 4 rings (SSSR count). The number of benzene rings is 2. The number of ether oxygens (including phenoxy) is 2. The number of aromatic nitrogens is 4. The normalized spacial score (nSPS) is 10.9. The fraction of sp³-hybridized carbons (Fsp3) is 0.292. The minimum absolute atomic E-state index is 0.578. The number of hydrogen-bond donors (Lipinski definition) is 0. The minimum atomic E-state index is 0.578. The van der Waals surface area contributed by atoms with Crippen LogP contribution in [0.2, 0.25) is 0 Å². The van der Waals surface area contributed by atoms with Gasteiger partial charge in [-0.2, -0.15) is 10.4 Å². The van der Waals surface area contributed by atoms with Crippen LogP contribution in [0.3, 0.4) is 0 Å². The van der Waals surface area contributed by atoms with Crippen molar-refractivity contribution < 1.29 is 9.47 Å². The molecule has 2 aromatic carbocycles. The van der Waals surface area contributed by atoms with Crippen LogP contribution in [0.25, 0.3) is 22.2 Å². The van der Waals surface area contributed by atoms with Crippen LogP contribution in [0.1, 0.15) is 25.8 Å². The summed E-state index contributed by atoms with van der Waals surface area (Å²) < 4.78 is 15.5. The van der Waals surface area contributed by atoms with Gasteiger partial charge >= 0.3 is 0 Å². The second-order valence-electron chi connectivity index (χ2n) is 7.08. The number of fused-ring (bicyclic) bond motifs is 1. The van der Waals surface area contributed by atoms with Gasteiger partial charge < -0.3 is 14.0 Å². The highest BCUT2D eigenvalue weighted by Crippen LogP contribution is 2.36. The van der Waals surface area contributed by atoms with Crippen molar-refractivity contribution in [2.24, 2.45) is 0 Å². The van der Waals surface area contributed by atoms with Gasteiger partial charge in [-0.25, -0.2) is 4.98 Å². The van der Waals surface area contributed by atoms with Gasteiger partial charge in [0, 0.05) is 31.0 Å². The predicted molar refractivity (Wildman–Crippen MR) is 119 cm³/mol. The van der Waals surface area contributed by atoms with Gasteiger partial charge in [-0.05, 0) is 55.8 Å². The zero-order chi connectivity index (χ0) is 21.6. The first kappa shape index (κ1) is 20.5. The standard InChI is InChI=1S/C24H25N5O2/c1-3-29-23-14-20(31-13-5-12-28-17-26-16-27-28)10-11-21(23)22(15-25)24(29)18-6-8-19(9-7-18)30-4-2/h6-11,14,16-17H,3-5,12-13H2,1-2H3. The molecule has 0 N–H and O–H groups in total. The molecule has 0 bridgehead atoms. The van der Waals surface area contributed by atoms with Crippen LogP contribution in [0, 0.1) is 11.3 Å². The fourth-order valence-corrected chi connectivity index (χ4v) is 3.80.